The van der Waals surface area contributed by atoms with E-state index in [2.05, 4.69) is 30.9 Å². The number of fused-ring (bicyclic) bond motifs is 1. The standard InChI is InChI=1S/C34H47N11O5S/c35-27(46)18-17-24(42-28(47)14-6-7-19-40-33(36)37)30(49)44-25(16-15-21-9-2-1-3-10-21)31(50)43-23(12-8-20-41-34(38)39)29(48)32-45-22-11-4-5-13-26(22)51-32/h1-5,9-11,13,23-25H,6-8,12,14-20H2,(H2,35,46)(H,42,47)(H,43,50)(H,44,49)(H4,36,37,40)(H4,38,39,41)/t23-,24-,25-/m0/s1. The number of hydrogen-bond donors (Lipinski definition) is 8. The molecule has 0 spiro atoms. The number of rotatable bonds is 22. The first-order valence-electron chi connectivity index (χ1n) is 16.7. The largest absolute Gasteiger partial charge is 0.370 e. The number of aliphatic imine (C=N–C) groups is 2. The van der Waals surface area contributed by atoms with Crippen LogP contribution in [0.1, 0.15) is 66.7 Å². The predicted molar refractivity (Wildman–Crippen MR) is 197 cm³/mol. The maximum atomic E-state index is 14.0. The van der Waals surface area contributed by atoms with E-state index in [0.29, 0.717) is 37.7 Å². The summed E-state index contributed by atoms with van der Waals surface area (Å²) < 4.78 is 0.817. The zero-order valence-corrected chi connectivity index (χ0v) is 29.2. The molecule has 0 radical (unpaired) electrons. The minimum Gasteiger partial charge on any atom is -0.370 e. The molecule has 274 valence electrons. The van der Waals surface area contributed by atoms with E-state index in [1.807, 2.05) is 48.5 Å². The van der Waals surface area contributed by atoms with E-state index in [1.165, 1.54) is 11.3 Å². The Kier molecular flexibility index (Phi) is 16.3. The van der Waals surface area contributed by atoms with Gasteiger partial charge in [-0.25, -0.2) is 4.98 Å². The van der Waals surface area contributed by atoms with Crippen molar-refractivity contribution < 1.29 is 24.0 Å². The minimum absolute atomic E-state index is 0.0492. The van der Waals surface area contributed by atoms with Gasteiger partial charge in [0.2, 0.25) is 29.4 Å². The fourth-order valence-electron chi connectivity index (χ4n) is 5.10. The molecular weight excluding hydrogens is 675 g/mol. The molecule has 0 saturated heterocycles. The van der Waals surface area contributed by atoms with Gasteiger partial charge in [-0.1, -0.05) is 42.5 Å². The number of nitrogens with two attached hydrogens (primary N) is 5. The van der Waals surface area contributed by atoms with Crippen LogP contribution in [0.3, 0.4) is 0 Å². The number of carbonyl (C=O) groups excluding carboxylic acids is 5. The molecule has 0 fully saturated rings. The van der Waals surface area contributed by atoms with Crippen LogP contribution in [0, 0.1) is 0 Å². The summed E-state index contributed by atoms with van der Waals surface area (Å²) in [7, 11) is 0. The highest BCUT2D eigenvalue weighted by molar-refractivity contribution is 7.20. The third-order valence-corrected chi connectivity index (χ3v) is 8.77. The molecule has 17 heteroatoms. The monoisotopic (exact) mass is 721 g/mol. The van der Waals surface area contributed by atoms with Gasteiger partial charge in [0.1, 0.15) is 12.1 Å². The zero-order valence-electron chi connectivity index (χ0n) is 28.4. The number of ketones is 1. The number of aromatic nitrogens is 1. The topological polar surface area (TPSA) is 289 Å². The van der Waals surface area contributed by atoms with Gasteiger partial charge in [0.25, 0.3) is 0 Å². The third kappa shape index (κ3) is 14.4. The number of para-hydroxylation sites is 1. The molecule has 13 N–H and O–H groups in total. The van der Waals surface area contributed by atoms with E-state index in [-0.39, 0.29) is 55.6 Å². The Morgan fingerprint density at radius 2 is 1.27 bits per heavy atom. The van der Waals surface area contributed by atoms with Crippen LogP contribution >= 0.6 is 11.3 Å². The van der Waals surface area contributed by atoms with Crippen molar-refractivity contribution in [3.8, 4) is 0 Å². The molecule has 3 aromatic rings. The Hall–Kier alpha value is -5.58. The number of Topliss-reactive ketones (excluding diaryl/α,β-unsaturated/α-hetero) is 1. The van der Waals surface area contributed by atoms with E-state index in [1.54, 1.807) is 6.07 Å². The van der Waals surface area contributed by atoms with Gasteiger partial charge >= 0.3 is 0 Å². The van der Waals surface area contributed by atoms with Crippen molar-refractivity contribution in [2.75, 3.05) is 13.1 Å². The molecular formula is C34H47N11O5S. The van der Waals surface area contributed by atoms with Crippen molar-refractivity contribution in [1.29, 1.82) is 0 Å². The van der Waals surface area contributed by atoms with Crippen LogP contribution in [-0.2, 0) is 25.6 Å². The molecule has 51 heavy (non-hydrogen) atoms. The van der Waals surface area contributed by atoms with Crippen LogP contribution < -0.4 is 44.6 Å². The van der Waals surface area contributed by atoms with Gasteiger partial charge in [0.05, 0.1) is 16.3 Å². The molecule has 0 bridgehead atoms. The quantitative estimate of drug-likeness (QED) is 0.0304. The fraction of sp³-hybridized carbons (Fsp3) is 0.412. The lowest BCUT2D eigenvalue weighted by molar-refractivity contribution is -0.132. The highest BCUT2D eigenvalue weighted by Crippen LogP contribution is 2.23. The first-order chi connectivity index (χ1) is 24.4. The molecule has 0 aliphatic carbocycles. The number of thiazole rings is 1. The average molecular weight is 722 g/mol. The van der Waals surface area contributed by atoms with Crippen LogP contribution in [0.2, 0.25) is 0 Å². The summed E-state index contributed by atoms with van der Waals surface area (Å²) in [4.78, 5) is 78.2. The minimum atomic E-state index is -1.16. The van der Waals surface area contributed by atoms with Gasteiger partial charge in [-0.2, -0.15) is 0 Å². The van der Waals surface area contributed by atoms with Gasteiger partial charge in [-0.3, -0.25) is 34.0 Å². The maximum Gasteiger partial charge on any atom is 0.243 e. The summed E-state index contributed by atoms with van der Waals surface area (Å²) in [5.74, 6) is -2.92. The number of primary amides is 1. The molecule has 1 aromatic heterocycles. The molecule has 0 aliphatic rings. The van der Waals surface area contributed by atoms with Gasteiger partial charge in [0, 0.05) is 25.9 Å². The molecule has 3 atom stereocenters. The number of carbonyl (C=O) groups is 5. The van der Waals surface area contributed by atoms with Crippen LogP contribution in [0.5, 0.6) is 0 Å². The van der Waals surface area contributed by atoms with Crippen LogP contribution in [0.15, 0.2) is 64.6 Å². The lowest BCUT2D eigenvalue weighted by Gasteiger charge is -2.25. The first kappa shape index (κ1) is 39.9. The number of aryl methyl sites for hydroxylation is 1. The van der Waals surface area contributed by atoms with Crippen LogP contribution in [0.4, 0.5) is 0 Å². The summed E-state index contributed by atoms with van der Waals surface area (Å²) in [6.07, 6.45) is 1.93. The van der Waals surface area contributed by atoms with Crippen molar-refractivity contribution in [3.05, 3.63) is 65.2 Å². The summed E-state index contributed by atoms with van der Waals surface area (Å²) in [5, 5.41) is 8.46. The van der Waals surface area contributed by atoms with Crippen molar-refractivity contribution >= 4 is 62.9 Å². The van der Waals surface area contributed by atoms with Crippen LogP contribution in [0.25, 0.3) is 10.2 Å². The van der Waals surface area contributed by atoms with Gasteiger partial charge < -0.3 is 44.6 Å². The molecule has 0 aliphatic heterocycles. The number of amides is 4. The summed E-state index contributed by atoms with van der Waals surface area (Å²) in [5.41, 5.74) is 28.5. The van der Waals surface area contributed by atoms with Crippen molar-refractivity contribution in [2.24, 2.45) is 38.7 Å². The maximum absolute atomic E-state index is 14.0. The predicted octanol–water partition coefficient (Wildman–Crippen LogP) is 0.329. The Balaban J connectivity index is 1.81. The molecule has 3 rings (SSSR count). The average Bonchev–Trinajstić information content (AvgIpc) is 3.53. The van der Waals surface area contributed by atoms with Gasteiger partial charge in [0.15, 0.2) is 16.9 Å². The van der Waals surface area contributed by atoms with Crippen molar-refractivity contribution in [2.45, 2.75) is 75.9 Å². The highest BCUT2D eigenvalue weighted by Gasteiger charge is 2.31. The number of hydrogen-bond acceptors (Lipinski definition) is 9. The number of benzene rings is 2. The summed E-state index contributed by atoms with van der Waals surface area (Å²) in [6.45, 7) is 0.571. The van der Waals surface area contributed by atoms with Gasteiger partial charge in [-0.05, 0) is 62.6 Å². The number of nitrogens with zero attached hydrogens (tertiary/aromatic N) is 3. The second kappa shape index (κ2) is 20.8. The fourth-order valence-corrected chi connectivity index (χ4v) is 6.06. The van der Waals surface area contributed by atoms with E-state index in [0.717, 1.165) is 10.3 Å². The van der Waals surface area contributed by atoms with Crippen molar-refractivity contribution in [3.63, 3.8) is 0 Å². The Bertz CT molecular complexity index is 1650. The van der Waals surface area contributed by atoms with E-state index in [4.69, 9.17) is 28.7 Å². The number of guanidine groups is 2. The number of unbranched alkanes of at least 4 members (excludes halogenated alkanes) is 1. The SMILES string of the molecule is NC(=O)CC[C@H](NC(=O)CCCCN=C(N)N)C(=O)N[C@@H](CCc1ccccc1)C(=O)N[C@@H](CCCN=C(N)N)C(=O)c1nc2ccccc2s1. The normalized spacial score (nSPS) is 12.5. The second-order valence-electron chi connectivity index (χ2n) is 11.8. The van der Waals surface area contributed by atoms with Crippen molar-refractivity contribution in [1.82, 2.24) is 20.9 Å². The Morgan fingerprint density at radius 1 is 0.667 bits per heavy atom. The molecule has 4 amide bonds. The smallest absolute Gasteiger partial charge is 0.243 e. The van der Waals surface area contributed by atoms with E-state index < -0.39 is 47.5 Å². The van der Waals surface area contributed by atoms with E-state index in [9.17, 15) is 24.0 Å². The Labute approximate surface area is 300 Å². The van der Waals surface area contributed by atoms with E-state index >= 15 is 0 Å². The number of nitrogens with one attached hydrogen (secondary N) is 3. The van der Waals surface area contributed by atoms with Crippen LogP contribution in [-0.4, -0.2) is 77.5 Å². The zero-order chi connectivity index (χ0) is 37.2. The lowest BCUT2D eigenvalue weighted by Crippen LogP contribution is -2.56. The molecule has 0 saturated carbocycles. The van der Waals surface area contributed by atoms with Gasteiger partial charge in [-0.15, -0.1) is 11.3 Å². The molecule has 0 unspecified atom stereocenters. The second-order valence-corrected chi connectivity index (χ2v) is 12.9. The Morgan fingerprint density at radius 3 is 1.92 bits per heavy atom. The lowest BCUT2D eigenvalue weighted by atomic mass is 10.0. The summed E-state index contributed by atoms with van der Waals surface area (Å²) >= 11 is 1.21. The molecule has 2 aromatic carbocycles. The third-order valence-electron chi connectivity index (χ3n) is 7.72. The molecule has 1 heterocycles. The highest BCUT2D eigenvalue weighted by atomic mass is 32.1. The first-order valence-corrected chi connectivity index (χ1v) is 17.5. The summed E-state index contributed by atoms with van der Waals surface area (Å²) in [6, 6.07) is 13.4. The molecule has 16 nitrogen and oxygen atoms in total.